The number of nitrogens with zero attached hydrogens (tertiary/aromatic N) is 2. The molecule has 18 heavy (non-hydrogen) atoms. The molecule has 0 aromatic heterocycles. The second kappa shape index (κ2) is 4.80. The third-order valence-corrected chi connectivity index (χ3v) is 3.43. The van der Waals surface area contributed by atoms with E-state index in [9.17, 15) is 14.4 Å². The maximum absolute atomic E-state index is 12.2. The van der Waals surface area contributed by atoms with Crippen molar-refractivity contribution < 1.29 is 19.5 Å². The van der Waals surface area contributed by atoms with Crippen molar-refractivity contribution in [1.82, 2.24) is 9.80 Å². The van der Waals surface area contributed by atoms with E-state index in [1.165, 1.54) is 4.90 Å². The Kier molecular flexibility index (Phi) is 3.36. The number of aliphatic carboxylic acids is 1. The quantitative estimate of drug-likeness (QED) is 0.709. The molecule has 6 nitrogen and oxygen atoms in total. The van der Waals surface area contributed by atoms with E-state index in [0.29, 0.717) is 13.0 Å². The Balaban J connectivity index is 2.10. The number of piperazine rings is 1. The van der Waals surface area contributed by atoms with Gasteiger partial charge in [-0.1, -0.05) is 6.58 Å². The molecule has 0 aromatic carbocycles. The largest absolute Gasteiger partial charge is 0.478 e. The fourth-order valence-electron chi connectivity index (χ4n) is 2.46. The Morgan fingerprint density at radius 1 is 1.39 bits per heavy atom. The topological polar surface area (TPSA) is 77.9 Å². The molecule has 1 unspecified atom stereocenters. The van der Waals surface area contributed by atoms with Gasteiger partial charge in [0.05, 0.1) is 6.54 Å². The normalized spacial score (nSPS) is 23.9. The number of fused-ring (bicyclic) bond motifs is 1. The van der Waals surface area contributed by atoms with Crippen molar-refractivity contribution in [3.8, 4) is 0 Å². The molecular weight excluding hydrogens is 236 g/mol. The number of carbonyl (C=O) groups excluding carboxylic acids is 2. The average molecular weight is 252 g/mol. The van der Waals surface area contributed by atoms with E-state index in [1.54, 1.807) is 4.90 Å². The van der Waals surface area contributed by atoms with Gasteiger partial charge in [-0.05, 0) is 19.3 Å². The van der Waals surface area contributed by atoms with Crippen molar-refractivity contribution >= 4 is 17.8 Å². The van der Waals surface area contributed by atoms with Crippen LogP contribution in [0.2, 0.25) is 0 Å². The zero-order valence-electron chi connectivity index (χ0n) is 10.1. The van der Waals surface area contributed by atoms with Gasteiger partial charge in [-0.3, -0.25) is 9.59 Å². The van der Waals surface area contributed by atoms with Crippen LogP contribution >= 0.6 is 0 Å². The summed E-state index contributed by atoms with van der Waals surface area (Å²) in [5.74, 6) is -1.39. The summed E-state index contributed by atoms with van der Waals surface area (Å²) < 4.78 is 0. The summed E-state index contributed by atoms with van der Waals surface area (Å²) in [4.78, 5) is 37.7. The molecule has 1 N–H and O–H groups in total. The molecule has 0 bridgehead atoms. The van der Waals surface area contributed by atoms with E-state index < -0.39 is 12.0 Å². The number of carboxylic acid groups (broad SMARTS) is 1. The number of amides is 2. The highest BCUT2D eigenvalue weighted by Crippen LogP contribution is 2.23. The van der Waals surface area contributed by atoms with Crippen molar-refractivity contribution in [2.75, 3.05) is 19.6 Å². The number of carboxylic acids is 1. The van der Waals surface area contributed by atoms with Gasteiger partial charge in [0, 0.05) is 12.1 Å². The molecule has 2 fully saturated rings. The number of hydrogen-bond donors (Lipinski definition) is 1. The molecule has 0 spiro atoms. The summed E-state index contributed by atoms with van der Waals surface area (Å²) in [6, 6.07) is -0.401. The minimum atomic E-state index is -1.14. The highest BCUT2D eigenvalue weighted by Gasteiger charge is 2.40. The first-order valence-corrected chi connectivity index (χ1v) is 6.00. The first kappa shape index (κ1) is 12.6. The Hall–Kier alpha value is -1.85. The van der Waals surface area contributed by atoms with Gasteiger partial charge in [0.1, 0.15) is 12.6 Å². The molecule has 6 heteroatoms. The van der Waals surface area contributed by atoms with Crippen LogP contribution in [-0.2, 0) is 14.4 Å². The lowest BCUT2D eigenvalue weighted by Gasteiger charge is -2.42. The molecule has 0 radical (unpaired) electrons. The van der Waals surface area contributed by atoms with Gasteiger partial charge < -0.3 is 14.9 Å². The molecule has 2 heterocycles. The highest BCUT2D eigenvalue weighted by atomic mass is 16.4. The molecule has 2 amide bonds. The monoisotopic (exact) mass is 252 g/mol. The van der Waals surface area contributed by atoms with Crippen LogP contribution in [0, 0.1) is 0 Å². The number of hydrogen-bond acceptors (Lipinski definition) is 3. The molecule has 98 valence electrons. The molecule has 0 aromatic rings. The molecule has 0 saturated carbocycles. The smallest absolute Gasteiger partial charge is 0.332 e. The van der Waals surface area contributed by atoms with Gasteiger partial charge in [-0.25, -0.2) is 4.79 Å². The lowest BCUT2D eigenvalue weighted by molar-refractivity contribution is -0.157. The van der Waals surface area contributed by atoms with Crippen LogP contribution in [-0.4, -0.2) is 58.4 Å². The fourth-order valence-corrected chi connectivity index (χ4v) is 2.46. The molecular formula is C12H16N2O4. The lowest BCUT2D eigenvalue weighted by atomic mass is 9.98. The molecule has 2 saturated heterocycles. The maximum Gasteiger partial charge on any atom is 0.332 e. The predicted molar refractivity (Wildman–Crippen MR) is 62.7 cm³/mol. The Morgan fingerprint density at radius 2 is 2.11 bits per heavy atom. The van der Waals surface area contributed by atoms with Crippen molar-refractivity contribution in [2.24, 2.45) is 0 Å². The first-order valence-electron chi connectivity index (χ1n) is 6.00. The van der Waals surface area contributed by atoms with Gasteiger partial charge in [0.2, 0.25) is 11.8 Å². The second-order valence-corrected chi connectivity index (χ2v) is 4.70. The van der Waals surface area contributed by atoms with E-state index in [-0.39, 0.29) is 30.5 Å². The summed E-state index contributed by atoms with van der Waals surface area (Å²) in [6.45, 7) is 3.90. The zero-order chi connectivity index (χ0) is 13.3. The highest BCUT2D eigenvalue weighted by molar-refractivity contribution is 5.96. The molecule has 0 aliphatic carbocycles. The molecule has 1 atom stereocenters. The molecule has 2 rings (SSSR count). The Labute approximate surface area is 105 Å². The third-order valence-electron chi connectivity index (χ3n) is 3.43. The maximum atomic E-state index is 12.2. The molecule has 2 aliphatic rings. The summed E-state index contributed by atoms with van der Waals surface area (Å²) in [5, 5.41) is 8.76. The number of carbonyl (C=O) groups is 3. The van der Waals surface area contributed by atoms with E-state index in [2.05, 4.69) is 6.58 Å². The van der Waals surface area contributed by atoms with Crippen LogP contribution < -0.4 is 0 Å². The first-order chi connectivity index (χ1) is 8.50. The van der Waals surface area contributed by atoms with E-state index in [4.69, 9.17) is 5.11 Å². The Morgan fingerprint density at radius 3 is 2.78 bits per heavy atom. The van der Waals surface area contributed by atoms with Gasteiger partial charge >= 0.3 is 5.97 Å². The van der Waals surface area contributed by atoms with Crippen LogP contribution in [0.5, 0.6) is 0 Å². The fraction of sp³-hybridized carbons (Fsp3) is 0.583. The van der Waals surface area contributed by atoms with Crippen LogP contribution in [0.3, 0.4) is 0 Å². The van der Waals surface area contributed by atoms with E-state index in [1.807, 2.05) is 0 Å². The summed E-state index contributed by atoms with van der Waals surface area (Å²) in [6.07, 6.45) is 2.52. The van der Waals surface area contributed by atoms with Crippen molar-refractivity contribution in [3.63, 3.8) is 0 Å². The Bertz CT molecular complexity index is 418. The summed E-state index contributed by atoms with van der Waals surface area (Å²) in [5.41, 5.74) is -0.0691. The average Bonchev–Trinajstić information content (AvgIpc) is 2.35. The molecule has 2 aliphatic heterocycles. The lowest BCUT2D eigenvalue weighted by Crippen LogP contribution is -2.61. The number of piperidine rings is 1. The SMILES string of the molecule is C=C(CN1CC(=O)N2CCCCC2C1=O)C(=O)O. The van der Waals surface area contributed by atoms with Crippen LogP contribution in [0.15, 0.2) is 12.2 Å². The minimum absolute atomic E-state index is 0.0400. The summed E-state index contributed by atoms with van der Waals surface area (Å²) in [7, 11) is 0. The van der Waals surface area contributed by atoms with Gasteiger partial charge in [-0.15, -0.1) is 0 Å². The summed E-state index contributed by atoms with van der Waals surface area (Å²) >= 11 is 0. The van der Waals surface area contributed by atoms with Gasteiger partial charge in [0.15, 0.2) is 0 Å². The van der Waals surface area contributed by atoms with Crippen molar-refractivity contribution in [2.45, 2.75) is 25.3 Å². The van der Waals surface area contributed by atoms with Crippen LogP contribution in [0.1, 0.15) is 19.3 Å². The van der Waals surface area contributed by atoms with Crippen molar-refractivity contribution in [1.29, 1.82) is 0 Å². The van der Waals surface area contributed by atoms with Crippen LogP contribution in [0.4, 0.5) is 0 Å². The third kappa shape index (κ3) is 2.23. The van der Waals surface area contributed by atoms with E-state index in [0.717, 1.165) is 12.8 Å². The number of rotatable bonds is 3. The van der Waals surface area contributed by atoms with Crippen LogP contribution in [0.25, 0.3) is 0 Å². The van der Waals surface area contributed by atoms with Gasteiger partial charge in [-0.2, -0.15) is 0 Å². The minimum Gasteiger partial charge on any atom is -0.478 e. The van der Waals surface area contributed by atoms with Gasteiger partial charge in [0.25, 0.3) is 0 Å². The van der Waals surface area contributed by atoms with Crippen molar-refractivity contribution in [3.05, 3.63) is 12.2 Å². The predicted octanol–water partition coefficient (Wildman–Crippen LogP) is -0.150. The standard InChI is InChI=1S/C12H16N2O4/c1-8(12(17)18)6-13-7-10(15)14-5-3-2-4-9(14)11(13)16/h9H,1-7H2,(H,17,18). The zero-order valence-corrected chi connectivity index (χ0v) is 10.1. The second-order valence-electron chi connectivity index (χ2n) is 4.70. The van der Waals surface area contributed by atoms with E-state index >= 15 is 0 Å².